The van der Waals surface area contributed by atoms with Crippen LogP contribution in [0, 0.1) is 11.3 Å². The summed E-state index contributed by atoms with van der Waals surface area (Å²) in [5, 5.41) is 0. The fraction of sp³-hybridized carbons (Fsp3) is 0.909. The van der Waals surface area contributed by atoms with Gasteiger partial charge in [0.1, 0.15) is 6.29 Å². The van der Waals surface area contributed by atoms with E-state index in [2.05, 4.69) is 19.4 Å². The summed E-state index contributed by atoms with van der Waals surface area (Å²) < 4.78 is 0. The lowest BCUT2D eigenvalue weighted by atomic mass is 9.73. The Hall–Kier alpha value is 0.0600. The summed E-state index contributed by atoms with van der Waals surface area (Å²) in [6.07, 6.45) is 5.86. The second kappa shape index (κ2) is 9.61. The molecular weight excluding hydrogens is 193 g/mol. The van der Waals surface area contributed by atoms with Gasteiger partial charge in [-0.1, -0.05) is 43.5 Å². The summed E-state index contributed by atoms with van der Waals surface area (Å²) >= 11 is 0. The number of rotatable bonds is 1. The largest absolute Gasteiger partial charge is 0.314 e. The number of hydrogen-bond acceptors (Lipinski definition) is 2. The quantitative estimate of drug-likeness (QED) is 0.543. The Morgan fingerprint density at radius 1 is 1.36 bits per heavy atom. The minimum absolute atomic E-state index is 0.351. The van der Waals surface area contributed by atoms with Gasteiger partial charge in [0.15, 0.2) is 0 Å². The fourth-order valence-electron chi connectivity index (χ4n) is 1.87. The lowest BCUT2D eigenvalue weighted by Gasteiger charge is -2.32. The number of nitrogens with two attached hydrogens (primary N) is 1. The molecule has 0 bridgehead atoms. The zero-order valence-corrected chi connectivity index (χ0v) is 11.2. The average Bonchev–Trinajstić information content (AvgIpc) is 2.22. The van der Waals surface area contributed by atoms with E-state index < -0.39 is 0 Å². The third-order valence-electron chi connectivity index (χ3n) is 2.44. The highest BCUT2D eigenvalue weighted by Crippen LogP contribution is 2.37. The van der Waals surface area contributed by atoms with Crippen molar-refractivity contribution in [1.29, 1.82) is 0 Å². The molecule has 0 aromatic rings. The van der Waals surface area contributed by atoms with E-state index in [9.17, 15) is 4.79 Å². The van der Waals surface area contributed by atoms with E-state index in [-0.39, 0.29) is 0 Å². The third-order valence-corrected chi connectivity index (χ3v) is 2.44. The van der Waals surface area contributed by atoms with Crippen LogP contribution in [-0.2, 0) is 4.79 Å². The second-order valence-corrected chi connectivity index (χ2v) is 4.16. The monoisotopic (exact) mass is 219 g/mol. The first-order valence-electron chi connectivity index (χ1n) is 5.43. The van der Waals surface area contributed by atoms with Crippen LogP contribution in [0.2, 0.25) is 0 Å². The smallest absolute Gasteiger partial charge is 0.123 e. The van der Waals surface area contributed by atoms with Gasteiger partial charge in [0.2, 0.25) is 0 Å². The molecule has 1 saturated carbocycles. The predicted octanol–water partition coefficient (Wildman–Crippen LogP) is 3.16. The van der Waals surface area contributed by atoms with Crippen LogP contribution in [-0.4, -0.2) is 6.29 Å². The van der Waals surface area contributed by atoms with Gasteiger partial charge in [-0.3, -0.25) is 0 Å². The molecule has 0 aromatic heterocycles. The normalized spacial score (nSPS) is 23.4. The Balaban J connectivity index is 0. The van der Waals surface area contributed by atoms with Crippen molar-refractivity contribution in [2.24, 2.45) is 16.8 Å². The Morgan fingerprint density at radius 3 is 2.14 bits per heavy atom. The molecule has 0 aromatic carbocycles. The zero-order valence-electron chi connectivity index (χ0n) is 10.0. The van der Waals surface area contributed by atoms with E-state index >= 15 is 0 Å². The van der Waals surface area contributed by atoms with E-state index in [4.69, 9.17) is 0 Å². The van der Waals surface area contributed by atoms with Gasteiger partial charge in [0, 0.05) is 5.92 Å². The molecule has 2 atom stereocenters. The highest BCUT2D eigenvalue weighted by molar-refractivity contribution is 7.13. The molecule has 1 aliphatic rings. The van der Waals surface area contributed by atoms with Crippen LogP contribution < -0.4 is 5.50 Å². The topological polar surface area (TPSA) is 43.1 Å². The summed E-state index contributed by atoms with van der Waals surface area (Å²) in [7, 11) is 1.92. The number of carbonyl (C=O) groups excluding carboxylic acids is 1. The molecule has 1 rings (SSSR count). The van der Waals surface area contributed by atoms with Crippen LogP contribution in [0.3, 0.4) is 0 Å². The molecule has 0 saturated heterocycles. The molecule has 0 radical (unpaired) electrons. The average molecular weight is 219 g/mol. The Morgan fingerprint density at radius 2 is 1.86 bits per heavy atom. The van der Waals surface area contributed by atoms with Crippen LogP contribution in [0.4, 0.5) is 0 Å². The van der Waals surface area contributed by atoms with Crippen molar-refractivity contribution in [3.05, 3.63) is 0 Å². The van der Waals surface area contributed by atoms with Crippen molar-refractivity contribution in [2.75, 3.05) is 0 Å². The molecule has 1 fully saturated rings. The summed E-state index contributed by atoms with van der Waals surface area (Å²) in [5.74, 6) is 0.351. The van der Waals surface area contributed by atoms with Gasteiger partial charge in [0.25, 0.3) is 0 Å². The maximum atomic E-state index is 10.4. The zero-order chi connectivity index (χ0) is 11.6. The summed E-state index contributed by atoms with van der Waals surface area (Å²) in [6.45, 7) is 8.51. The fourth-order valence-corrected chi connectivity index (χ4v) is 1.87. The lowest BCUT2D eigenvalue weighted by Crippen LogP contribution is -2.23. The molecular formula is C11H26NOP. The predicted molar refractivity (Wildman–Crippen MR) is 67.0 cm³/mol. The molecule has 0 aliphatic heterocycles. The van der Waals surface area contributed by atoms with Gasteiger partial charge in [-0.25, -0.2) is 0 Å². The highest BCUT2D eigenvalue weighted by Gasteiger charge is 2.27. The summed E-state index contributed by atoms with van der Waals surface area (Å²) in [5.41, 5.74) is 4.84. The maximum absolute atomic E-state index is 10.4. The number of aldehydes is 1. The summed E-state index contributed by atoms with van der Waals surface area (Å²) in [6, 6.07) is 0. The first-order chi connectivity index (χ1) is 6.64. The van der Waals surface area contributed by atoms with Gasteiger partial charge >= 0.3 is 0 Å². The minimum Gasteiger partial charge on any atom is -0.314 e. The number of carbonyl (C=O) groups is 1. The van der Waals surface area contributed by atoms with Crippen molar-refractivity contribution in [3.63, 3.8) is 0 Å². The van der Waals surface area contributed by atoms with Crippen molar-refractivity contribution in [2.45, 2.75) is 53.4 Å². The molecule has 14 heavy (non-hydrogen) atoms. The molecule has 2 N–H and O–H groups in total. The maximum Gasteiger partial charge on any atom is 0.123 e. The first-order valence-corrected chi connectivity index (χ1v) is 6.09. The van der Waals surface area contributed by atoms with Crippen LogP contribution in [0.5, 0.6) is 0 Å². The Kier molecular flexibility index (Phi) is 11.3. The molecule has 86 valence electrons. The third kappa shape index (κ3) is 7.46. The molecule has 3 heteroatoms. The van der Waals surface area contributed by atoms with Crippen molar-refractivity contribution in [3.8, 4) is 0 Å². The van der Waals surface area contributed by atoms with Crippen LogP contribution in [0.15, 0.2) is 0 Å². The van der Waals surface area contributed by atoms with Gasteiger partial charge < -0.3 is 10.3 Å². The highest BCUT2D eigenvalue weighted by atomic mass is 31.0. The van der Waals surface area contributed by atoms with Gasteiger partial charge in [-0.05, 0) is 24.7 Å². The molecule has 0 amide bonds. The molecule has 0 spiro atoms. The standard InChI is InChI=1S/C9H16O.C2H6.H4NP/c1-9(2)5-3-4-8(6-9)7-10;2*1-2/h7-8H,3-6H2,1-2H3;1-2H3;1-2H2. The molecule has 2 unspecified atom stereocenters. The van der Waals surface area contributed by atoms with Crippen molar-refractivity contribution in [1.82, 2.24) is 0 Å². The number of hydrogen-bond donors (Lipinski definition) is 1. The van der Waals surface area contributed by atoms with E-state index in [1.165, 1.54) is 12.8 Å². The van der Waals surface area contributed by atoms with Gasteiger partial charge in [0.05, 0.1) is 0 Å². The van der Waals surface area contributed by atoms with Crippen LogP contribution in [0.25, 0.3) is 0 Å². The van der Waals surface area contributed by atoms with Crippen molar-refractivity contribution >= 4 is 15.7 Å². The van der Waals surface area contributed by atoms with E-state index in [1.54, 1.807) is 0 Å². The van der Waals surface area contributed by atoms with E-state index in [1.807, 2.05) is 23.2 Å². The van der Waals surface area contributed by atoms with E-state index in [0.717, 1.165) is 19.1 Å². The van der Waals surface area contributed by atoms with Gasteiger partial charge in [-0.15, -0.1) is 0 Å². The first kappa shape index (κ1) is 16.5. The van der Waals surface area contributed by atoms with Crippen LogP contribution >= 0.6 is 9.39 Å². The lowest BCUT2D eigenvalue weighted by molar-refractivity contribution is -0.113. The summed E-state index contributed by atoms with van der Waals surface area (Å²) in [4.78, 5) is 10.4. The molecule has 1 aliphatic carbocycles. The van der Waals surface area contributed by atoms with Gasteiger partial charge in [-0.2, -0.15) is 0 Å². The second-order valence-electron chi connectivity index (χ2n) is 4.16. The van der Waals surface area contributed by atoms with E-state index in [0.29, 0.717) is 11.3 Å². The van der Waals surface area contributed by atoms with Crippen molar-refractivity contribution < 1.29 is 4.79 Å². The molecule has 2 nitrogen and oxygen atoms in total. The SMILES string of the molecule is CC.CC1(C)CCCC(C=O)C1.NP. The minimum atomic E-state index is 0.351. The molecule has 0 heterocycles. The Labute approximate surface area is 91.3 Å². The van der Waals surface area contributed by atoms with Crippen LogP contribution in [0.1, 0.15) is 53.4 Å². The Bertz CT molecular complexity index is 137.